The van der Waals surface area contributed by atoms with Crippen LogP contribution in [0, 0.1) is 0 Å². The van der Waals surface area contributed by atoms with Gasteiger partial charge in [-0.2, -0.15) is 0 Å². The van der Waals surface area contributed by atoms with Gasteiger partial charge < -0.3 is 19.5 Å². The molecule has 0 saturated carbocycles. The van der Waals surface area contributed by atoms with Gasteiger partial charge in [0.15, 0.2) is 0 Å². The largest absolute Gasteiger partial charge is 0.481 e. The molecule has 1 amide bonds. The number of ether oxygens (including phenoxy) is 3. The van der Waals surface area contributed by atoms with Crippen LogP contribution in [0.4, 0.5) is 0 Å². The van der Waals surface area contributed by atoms with Gasteiger partial charge in [0.1, 0.15) is 6.04 Å². The van der Waals surface area contributed by atoms with Crippen LogP contribution in [0.25, 0.3) is 0 Å². The molecule has 0 aliphatic rings. The summed E-state index contributed by atoms with van der Waals surface area (Å²) in [6.07, 6.45) is 1.58. The third kappa shape index (κ3) is 5.93. The Kier molecular flexibility index (Phi) is 7.52. The van der Waals surface area contributed by atoms with Crippen molar-refractivity contribution < 1.29 is 28.6 Å². The second kappa shape index (κ2) is 9.39. The quantitative estimate of drug-likeness (QED) is 0.683. The smallest absolute Gasteiger partial charge is 0.328 e. The molecule has 8 nitrogen and oxygen atoms in total. The lowest BCUT2D eigenvalue weighted by atomic mass is 10.1. The Morgan fingerprint density at radius 3 is 2.52 bits per heavy atom. The topological polar surface area (TPSA) is 104 Å². The molecule has 126 valence electrons. The first-order chi connectivity index (χ1) is 11.0. The molecular weight excluding hydrogens is 304 g/mol. The summed E-state index contributed by atoms with van der Waals surface area (Å²) in [6.45, 7) is 0. The fourth-order valence-corrected chi connectivity index (χ4v) is 1.90. The van der Waals surface area contributed by atoms with Gasteiger partial charge in [0.05, 0.1) is 27.8 Å². The summed E-state index contributed by atoms with van der Waals surface area (Å²) < 4.78 is 14.3. The molecule has 0 radical (unpaired) electrons. The number of hydrogen-bond acceptors (Lipinski definition) is 7. The molecule has 0 fully saturated rings. The molecule has 1 atom stereocenters. The molecule has 1 aromatic rings. The first kappa shape index (κ1) is 18.4. The van der Waals surface area contributed by atoms with Crippen LogP contribution in [0.1, 0.15) is 18.4 Å². The Hall–Kier alpha value is -2.64. The standard InChI is InChI=1S/C15H20N2O6/c1-21-13(19)7-6-12(18)17-11(15(20)23-3)9-10-5-4-8-16-14(10)22-2/h4-5,8,11H,6-7,9H2,1-3H3,(H,17,18)/t11-/m0/s1. The van der Waals surface area contributed by atoms with Crippen LogP contribution < -0.4 is 10.1 Å². The number of carbonyl (C=O) groups is 3. The fourth-order valence-electron chi connectivity index (χ4n) is 1.90. The lowest BCUT2D eigenvalue weighted by Crippen LogP contribution is -2.43. The average molecular weight is 324 g/mol. The van der Waals surface area contributed by atoms with Crippen molar-refractivity contribution in [3.8, 4) is 5.88 Å². The zero-order valence-electron chi connectivity index (χ0n) is 13.3. The van der Waals surface area contributed by atoms with Crippen molar-refractivity contribution in [3.63, 3.8) is 0 Å². The van der Waals surface area contributed by atoms with Crippen molar-refractivity contribution in [2.45, 2.75) is 25.3 Å². The Bertz CT molecular complexity index is 561. The summed E-state index contributed by atoms with van der Waals surface area (Å²) in [5.74, 6) is -1.18. The number of amides is 1. The third-order valence-electron chi connectivity index (χ3n) is 3.07. The molecule has 1 heterocycles. The van der Waals surface area contributed by atoms with Crippen LogP contribution >= 0.6 is 0 Å². The number of aromatic nitrogens is 1. The zero-order valence-corrected chi connectivity index (χ0v) is 13.3. The van der Waals surface area contributed by atoms with E-state index in [0.29, 0.717) is 11.4 Å². The lowest BCUT2D eigenvalue weighted by Gasteiger charge is -2.17. The Balaban J connectivity index is 2.75. The minimum atomic E-state index is -0.900. The van der Waals surface area contributed by atoms with E-state index in [9.17, 15) is 14.4 Å². The van der Waals surface area contributed by atoms with E-state index in [4.69, 9.17) is 9.47 Å². The molecular formula is C15H20N2O6. The van der Waals surface area contributed by atoms with E-state index in [0.717, 1.165) is 0 Å². The van der Waals surface area contributed by atoms with Gasteiger partial charge in [0.25, 0.3) is 0 Å². The number of nitrogens with zero attached hydrogens (tertiary/aromatic N) is 1. The number of carbonyl (C=O) groups excluding carboxylic acids is 3. The van der Waals surface area contributed by atoms with E-state index < -0.39 is 23.9 Å². The minimum Gasteiger partial charge on any atom is -0.481 e. The summed E-state index contributed by atoms with van der Waals surface area (Å²) >= 11 is 0. The molecule has 0 bridgehead atoms. The molecule has 23 heavy (non-hydrogen) atoms. The van der Waals surface area contributed by atoms with Gasteiger partial charge >= 0.3 is 11.9 Å². The maximum atomic E-state index is 11.9. The predicted molar refractivity (Wildman–Crippen MR) is 79.7 cm³/mol. The highest BCUT2D eigenvalue weighted by Crippen LogP contribution is 2.16. The number of rotatable bonds is 8. The van der Waals surface area contributed by atoms with Crippen molar-refractivity contribution in [3.05, 3.63) is 23.9 Å². The van der Waals surface area contributed by atoms with Crippen molar-refractivity contribution in [1.82, 2.24) is 10.3 Å². The van der Waals surface area contributed by atoms with Gasteiger partial charge in [-0.25, -0.2) is 9.78 Å². The first-order valence-electron chi connectivity index (χ1n) is 6.93. The Morgan fingerprint density at radius 2 is 1.91 bits per heavy atom. The van der Waals surface area contributed by atoms with Gasteiger partial charge in [0, 0.05) is 24.6 Å². The summed E-state index contributed by atoms with van der Waals surface area (Å²) in [5, 5.41) is 2.54. The zero-order chi connectivity index (χ0) is 17.2. The van der Waals surface area contributed by atoms with Gasteiger partial charge in [-0.3, -0.25) is 9.59 Å². The number of nitrogens with one attached hydrogen (secondary N) is 1. The highest BCUT2D eigenvalue weighted by molar-refractivity contribution is 5.86. The highest BCUT2D eigenvalue weighted by atomic mass is 16.5. The Labute approximate surface area is 134 Å². The Morgan fingerprint density at radius 1 is 1.17 bits per heavy atom. The second-order valence-electron chi connectivity index (χ2n) is 4.60. The lowest BCUT2D eigenvalue weighted by molar-refractivity contribution is -0.145. The van der Waals surface area contributed by atoms with Gasteiger partial charge in [-0.05, 0) is 6.07 Å². The van der Waals surface area contributed by atoms with Crippen molar-refractivity contribution in [1.29, 1.82) is 0 Å². The maximum absolute atomic E-state index is 11.9. The summed E-state index contributed by atoms with van der Waals surface area (Å²) in [4.78, 5) is 38.8. The van der Waals surface area contributed by atoms with Gasteiger partial charge in [0.2, 0.25) is 11.8 Å². The van der Waals surface area contributed by atoms with Crippen LogP contribution in [-0.4, -0.2) is 50.2 Å². The van der Waals surface area contributed by atoms with Crippen molar-refractivity contribution in [2.24, 2.45) is 0 Å². The number of methoxy groups -OCH3 is 3. The van der Waals surface area contributed by atoms with E-state index >= 15 is 0 Å². The van der Waals surface area contributed by atoms with E-state index in [2.05, 4.69) is 15.0 Å². The minimum absolute atomic E-state index is 0.0631. The normalized spacial score (nSPS) is 11.3. The van der Waals surface area contributed by atoms with E-state index in [1.165, 1.54) is 21.3 Å². The summed E-state index contributed by atoms with van der Waals surface area (Å²) in [7, 11) is 3.94. The molecule has 0 unspecified atom stereocenters. The summed E-state index contributed by atoms with van der Waals surface area (Å²) in [5.41, 5.74) is 0.652. The number of pyridine rings is 1. The summed E-state index contributed by atoms with van der Waals surface area (Å²) in [6, 6.07) is 2.54. The van der Waals surface area contributed by atoms with Crippen LogP contribution in [0.3, 0.4) is 0 Å². The SMILES string of the molecule is COC(=O)CCC(=O)N[C@@H](Cc1cccnc1OC)C(=O)OC. The van der Waals surface area contributed by atoms with E-state index in [-0.39, 0.29) is 19.3 Å². The first-order valence-corrected chi connectivity index (χ1v) is 6.93. The van der Waals surface area contributed by atoms with E-state index in [1.807, 2.05) is 0 Å². The predicted octanol–water partition coefficient (Wildman–Crippen LogP) is 0.244. The van der Waals surface area contributed by atoms with Crippen LogP contribution in [0.15, 0.2) is 18.3 Å². The molecule has 0 aliphatic carbocycles. The molecule has 0 aliphatic heterocycles. The van der Waals surface area contributed by atoms with Crippen LogP contribution in [0.5, 0.6) is 5.88 Å². The molecule has 0 aromatic carbocycles. The molecule has 1 rings (SSSR count). The average Bonchev–Trinajstić information content (AvgIpc) is 2.58. The maximum Gasteiger partial charge on any atom is 0.328 e. The third-order valence-corrected chi connectivity index (χ3v) is 3.07. The van der Waals surface area contributed by atoms with Crippen LogP contribution in [0.2, 0.25) is 0 Å². The fraction of sp³-hybridized carbons (Fsp3) is 0.467. The van der Waals surface area contributed by atoms with Gasteiger partial charge in [-0.15, -0.1) is 0 Å². The van der Waals surface area contributed by atoms with Crippen molar-refractivity contribution >= 4 is 17.8 Å². The van der Waals surface area contributed by atoms with Crippen LogP contribution in [-0.2, 0) is 30.3 Å². The molecule has 0 saturated heterocycles. The highest BCUT2D eigenvalue weighted by Gasteiger charge is 2.24. The monoisotopic (exact) mass is 324 g/mol. The molecule has 1 aromatic heterocycles. The van der Waals surface area contributed by atoms with E-state index in [1.54, 1.807) is 18.3 Å². The molecule has 1 N–H and O–H groups in total. The molecule has 0 spiro atoms. The van der Waals surface area contributed by atoms with Gasteiger partial charge in [-0.1, -0.05) is 6.07 Å². The number of hydrogen-bond donors (Lipinski definition) is 1. The number of esters is 2. The second-order valence-corrected chi connectivity index (χ2v) is 4.60. The molecule has 8 heteroatoms. The van der Waals surface area contributed by atoms with Crippen molar-refractivity contribution in [2.75, 3.05) is 21.3 Å².